The topological polar surface area (TPSA) is 37.0 Å². The first-order chi connectivity index (χ1) is 8.19. The molecule has 0 fully saturated rings. The van der Waals surface area contributed by atoms with Crippen molar-refractivity contribution in [3.63, 3.8) is 0 Å². The lowest BCUT2D eigenvalue weighted by Gasteiger charge is -2.10. The molecule has 2 N–H and O–H groups in total. The molecule has 6 heteroatoms. The van der Waals surface area contributed by atoms with E-state index in [1.54, 1.807) is 13.1 Å². The zero-order valence-electron chi connectivity index (χ0n) is 10.0. The van der Waals surface area contributed by atoms with Crippen LogP contribution in [0.2, 0.25) is 10.0 Å². The van der Waals surface area contributed by atoms with Crippen molar-refractivity contribution >= 4 is 46.6 Å². The SMILES string of the molecule is CCSCCCNc1nc(NC)c(Cl)cc1Cl. The maximum absolute atomic E-state index is 6.06. The molecule has 1 heterocycles. The smallest absolute Gasteiger partial charge is 0.147 e. The Labute approximate surface area is 117 Å². The number of nitrogens with one attached hydrogen (secondary N) is 2. The van der Waals surface area contributed by atoms with E-state index in [4.69, 9.17) is 23.2 Å². The highest BCUT2D eigenvalue weighted by atomic mass is 35.5. The van der Waals surface area contributed by atoms with E-state index < -0.39 is 0 Å². The Bertz CT molecular complexity index is 361. The van der Waals surface area contributed by atoms with E-state index in [9.17, 15) is 0 Å². The Morgan fingerprint density at radius 1 is 1.29 bits per heavy atom. The van der Waals surface area contributed by atoms with Gasteiger partial charge in [-0.05, 0) is 24.0 Å². The van der Waals surface area contributed by atoms with Crippen LogP contribution in [0.15, 0.2) is 6.07 Å². The lowest BCUT2D eigenvalue weighted by atomic mass is 10.4. The van der Waals surface area contributed by atoms with E-state index in [0.29, 0.717) is 21.7 Å². The van der Waals surface area contributed by atoms with Crippen molar-refractivity contribution < 1.29 is 0 Å². The van der Waals surface area contributed by atoms with Gasteiger partial charge < -0.3 is 10.6 Å². The van der Waals surface area contributed by atoms with Gasteiger partial charge in [0.1, 0.15) is 11.6 Å². The van der Waals surface area contributed by atoms with Gasteiger partial charge in [0, 0.05) is 13.6 Å². The van der Waals surface area contributed by atoms with Crippen molar-refractivity contribution in [3.05, 3.63) is 16.1 Å². The van der Waals surface area contributed by atoms with Crippen LogP contribution in [0.25, 0.3) is 0 Å². The summed E-state index contributed by atoms with van der Waals surface area (Å²) in [4.78, 5) is 4.32. The predicted molar refractivity (Wildman–Crippen MR) is 79.9 cm³/mol. The van der Waals surface area contributed by atoms with Crippen LogP contribution >= 0.6 is 35.0 Å². The summed E-state index contributed by atoms with van der Waals surface area (Å²) in [6, 6.07) is 1.70. The summed E-state index contributed by atoms with van der Waals surface area (Å²) >= 11 is 14.0. The number of hydrogen-bond donors (Lipinski definition) is 2. The standard InChI is InChI=1S/C11H17Cl2N3S/c1-3-17-6-4-5-15-11-9(13)7-8(12)10(14-2)16-11/h7H,3-6H2,1-2H3,(H2,14,15,16). The molecule has 0 spiro atoms. The van der Waals surface area contributed by atoms with Crippen LogP contribution in [0.1, 0.15) is 13.3 Å². The summed E-state index contributed by atoms with van der Waals surface area (Å²) in [5.74, 6) is 3.63. The number of nitrogens with zero attached hydrogens (tertiary/aromatic N) is 1. The molecule has 0 aromatic carbocycles. The molecule has 1 aromatic heterocycles. The molecule has 0 amide bonds. The van der Waals surface area contributed by atoms with Gasteiger partial charge in [-0.1, -0.05) is 30.1 Å². The number of hydrogen-bond acceptors (Lipinski definition) is 4. The number of anilines is 2. The molecule has 17 heavy (non-hydrogen) atoms. The number of pyridine rings is 1. The highest BCUT2D eigenvalue weighted by Gasteiger charge is 2.07. The Hall–Kier alpha value is -0.320. The molecule has 96 valence electrons. The maximum Gasteiger partial charge on any atom is 0.147 e. The summed E-state index contributed by atoms with van der Waals surface area (Å²) in [6.45, 7) is 3.03. The van der Waals surface area contributed by atoms with Gasteiger partial charge in [0.15, 0.2) is 0 Å². The molecule has 0 radical (unpaired) electrons. The van der Waals surface area contributed by atoms with E-state index in [2.05, 4.69) is 22.5 Å². The fourth-order valence-electron chi connectivity index (χ4n) is 1.29. The predicted octanol–water partition coefficient (Wildman–Crippen LogP) is 3.99. The monoisotopic (exact) mass is 293 g/mol. The molecule has 1 aromatic rings. The van der Waals surface area contributed by atoms with E-state index in [-0.39, 0.29) is 0 Å². The molecule has 0 saturated carbocycles. The third-order valence-corrected chi connectivity index (χ3v) is 3.69. The fourth-order valence-corrected chi connectivity index (χ4v) is 2.45. The molecule has 3 nitrogen and oxygen atoms in total. The molecular weight excluding hydrogens is 277 g/mol. The Morgan fingerprint density at radius 2 is 2.00 bits per heavy atom. The Morgan fingerprint density at radius 3 is 2.65 bits per heavy atom. The normalized spacial score (nSPS) is 10.4. The first kappa shape index (κ1) is 14.7. The first-order valence-electron chi connectivity index (χ1n) is 5.54. The van der Waals surface area contributed by atoms with E-state index in [1.165, 1.54) is 0 Å². The second kappa shape index (κ2) is 7.90. The minimum Gasteiger partial charge on any atom is -0.372 e. The summed E-state index contributed by atoms with van der Waals surface area (Å²) in [5, 5.41) is 7.23. The average molecular weight is 294 g/mol. The van der Waals surface area contributed by atoms with Crippen molar-refractivity contribution in [1.82, 2.24) is 4.98 Å². The van der Waals surface area contributed by atoms with Crippen LogP contribution in [-0.4, -0.2) is 30.1 Å². The van der Waals surface area contributed by atoms with Crippen molar-refractivity contribution in [2.75, 3.05) is 35.7 Å². The van der Waals surface area contributed by atoms with E-state index >= 15 is 0 Å². The zero-order valence-corrected chi connectivity index (χ0v) is 12.3. The summed E-state index contributed by atoms with van der Waals surface area (Å²) < 4.78 is 0. The summed E-state index contributed by atoms with van der Waals surface area (Å²) in [7, 11) is 1.78. The molecular formula is C11H17Cl2N3S. The lowest BCUT2D eigenvalue weighted by molar-refractivity contribution is 0.981. The lowest BCUT2D eigenvalue weighted by Crippen LogP contribution is -2.06. The molecule has 0 saturated heterocycles. The van der Waals surface area contributed by atoms with Crippen molar-refractivity contribution in [1.29, 1.82) is 0 Å². The van der Waals surface area contributed by atoms with Gasteiger partial charge in [-0.25, -0.2) is 4.98 Å². The summed E-state index contributed by atoms with van der Waals surface area (Å²) in [5.41, 5.74) is 0. The molecule has 0 unspecified atom stereocenters. The average Bonchev–Trinajstić information content (AvgIpc) is 2.31. The van der Waals surface area contributed by atoms with Gasteiger partial charge in [0.25, 0.3) is 0 Å². The first-order valence-corrected chi connectivity index (χ1v) is 7.45. The minimum absolute atomic E-state index is 0.532. The van der Waals surface area contributed by atoms with Crippen LogP contribution in [0, 0.1) is 0 Å². The summed E-state index contributed by atoms with van der Waals surface area (Å²) in [6.07, 6.45) is 1.09. The third kappa shape index (κ3) is 4.82. The van der Waals surface area contributed by atoms with Crippen LogP contribution in [0.5, 0.6) is 0 Å². The molecule has 1 rings (SSSR count). The third-order valence-electron chi connectivity index (χ3n) is 2.13. The Kier molecular flexibility index (Phi) is 6.85. The number of rotatable bonds is 7. The van der Waals surface area contributed by atoms with Crippen molar-refractivity contribution in [2.24, 2.45) is 0 Å². The van der Waals surface area contributed by atoms with Crippen LogP contribution < -0.4 is 10.6 Å². The van der Waals surface area contributed by atoms with E-state index in [1.807, 2.05) is 11.8 Å². The highest BCUT2D eigenvalue weighted by molar-refractivity contribution is 7.99. The molecule has 0 atom stereocenters. The maximum atomic E-state index is 6.06. The second-order valence-corrected chi connectivity index (χ2v) is 5.58. The van der Waals surface area contributed by atoms with Crippen LogP contribution in [0.3, 0.4) is 0 Å². The fraction of sp³-hybridized carbons (Fsp3) is 0.545. The van der Waals surface area contributed by atoms with Gasteiger partial charge in [-0.15, -0.1) is 0 Å². The van der Waals surface area contributed by atoms with Gasteiger partial charge in [-0.3, -0.25) is 0 Å². The quantitative estimate of drug-likeness (QED) is 0.746. The van der Waals surface area contributed by atoms with Gasteiger partial charge in [0.2, 0.25) is 0 Å². The molecule has 0 aliphatic carbocycles. The largest absolute Gasteiger partial charge is 0.372 e. The number of aromatic nitrogens is 1. The van der Waals surface area contributed by atoms with Gasteiger partial charge in [-0.2, -0.15) is 11.8 Å². The molecule has 0 aliphatic rings. The number of thioether (sulfide) groups is 1. The van der Waals surface area contributed by atoms with Crippen LogP contribution in [0.4, 0.5) is 11.6 Å². The molecule has 0 bridgehead atoms. The van der Waals surface area contributed by atoms with Gasteiger partial charge >= 0.3 is 0 Å². The van der Waals surface area contributed by atoms with Gasteiger partial charge in [0.05, 0.1) is 10.0 Å². The minimum atomic E-state index is 0.532. The van der Waals surface area contributed by atoms with E-state index in [0.717, 1.165) is 24.5 Å². The van der Waals surface area contributed by atoms with Crippen LogP contribution in [-0.2, 0) is 0 Å². The highest BCUT2D eigenvalue weighted by Crippen LogP contribution is 2.28. The zero-order chi connectivity index (χ0) is 12.7. The Balaban J connectivity index is 2.52. The van der Waals surface area contributed by atoms with Crippen molar-refractivity contribution in [3.8, 4) is 0 Å². The second-order valence-electron chi connectivity index (χ2n) is 3.38. The molecule has 0 aliphatic heterocycles. The van der Waals surface area contributed by atoms with Crippen molar-refractivity contribution in [2.45, 2.75) is 13.3 Å². The number of halogens is 2.